The van der Waals surface area contributed by atoms with Crippen molar-refractivity contribution in [3.05, 3.63) is 108 Å². The van der Waals surface area contributed by atoms with Gasteiger partial charge in [0.1, 0.15) is 23.6 Å². The molecule has 0 aliphatic heterocycles. The van der Waals surface area contributed by atoms with Crippen molar-refractivity contribution >= 4 is 30.4 Å². The first-order valence-corrected chi connectivity index (χ1v) is 19.8. The second-order valence-electron chi connectivity index (χ2n) is 16.7. The van der Waals surface area contributed by atoms with E-state index in [-0.39, 0.29) is 41.1 Å². The Hall–Kier alpha value is -3.36. The van der Waals surface area contributed by atoms with E-state index in [1.807, 2.05) is 48.5 Å². The van der Waals surface area contributed by atoms with Crippen LogP contribution in [0.25, 0.3) is 0 Å². The topological polar surface area (TPSA) is 93.1 Å². The van der Waals surface area contributed by atoms with Crippen LogP contribution in [0.2, 0.25) is 5.04 Å². The van der Waals surface area contributed by atoms with Gasteiger partial charge in [-0.25, -0.2) is 4.79 Å². The predicted octanol–water partition coefficient (Wildman–Crippen LogP) is 6.10. The molecule has 2 bridgehead atoms. The molecule has 0 saturated heterocycles. The van der Waals surface area contributed by atoms with E-state index in [1.54, 1.807) is 24.3 Å². The van der Waals surface area contributed by atoms with Crippen LogP contribution in [0.3, 0.4) is 0 Å². The normalized spacial score (nSPS) is 33.4. The standard InChI is InChI=1S/C42H50O6Si/c1-27-24-33-35(40(33,5)6)32-25-29(26-47-49(39(2,3)4,30-18-12-8-13-19-30)31-20-14-9-15-21-31)36(43)42(46)34(22-23-41(27,42)37(32)44)48-38(45)28-16-10-7-11-17-28/h7-21,25,27,32-36,43,46H,22-24,26H2,1-6H3/t27-,32+,33-,34+,35+,36-,41+,42-/m1/s1. The van der Waals surface area contributed by atoms with E-state index in [4.69, 9.17) is 9.16 Å². The number of aliphatic hydroxyl groups excluding tert-OH is 1. The second kappa shape index (κ2) is 11.9. The summed E-state index contributed by atoms with van der Waals surface area (Å²) in [6.45, 7) is 13.2. The molecule has 0 aromatic heterocycles. The summed E-state index contributed by atoms with van der Waals surface area (Å²) in [6, 6.07) is 29.4. The number of ether oxygens (including phenoxy) is 1. The minimum absolute atomic E-state index is 0.0293. The van der Waals surface area contributed by atoms with Crippen LogP contribution in [-0.2, 0) is 14.0 Å². The highest BCUT2D eigenvalue weighted by Crippen LogP contribution is 2.72. The fraction of sp³-hybridized carbons (Fsp3) is 0.476. The van der Waals surface area contributed by atoms with E-state index in [0.29, 0.717) is 23.5 Å². The number of allylic oxidation sites excluding steroid dienone is 1. The van der Waals surface area contributed by atoms with Gasteiger partial charge in [0.15, 0.2) is 0 Å². The maximum atomic E-state index is 15.1. The molecule has 3 aromatic carbocycles. The largest absolute Gasteiger partial charge is 0.456 e. The Morgan fingerprint density at radius 2 is 1.47 bits per heavy atom. The van der Waals surface area contributed by atoms with Crippen molar-refractivity contribution in [1.29, 1.82) is 0 Å². The number of carbonyl (C=O) groups is 2. The zero-order valence-corrected chi connectivity index (χ0v) is 30.6. The zero-order valence-electron chi connectivity index (χ0n) is 29.6. The first-order valence-electron chi connectivity index (χ1n) is 17.9. The highest BCUT2D eigenvalue weighted by atomic mass is 28.4. The molecule has 0 heterocycles. The average Bonchev–Trinajstić information content (AvgIpc) is 3.53. The Bertz CT molecular complexity index is 1710. The molecule has 8 atom stereocenters. The van der Waals surface area contributed by atoms with Gasteiger partial charge in [-0.05, 0) is 75.5 Å². The summed E-state index contributed by atoms with van der Waals surface area (Å²) in [5, 5.41) is 27.7. The van der Waals surface area contributed by atoms with Gasteiger partial charge in [-0.3, -0.25) is 4.79 Å². The monoisotopic (exact) mass is 678 g/mol. The fourth-order valence-corrected chi connectivity index (χ4v) is 15.0. The zero-order chi connectivity index (χ0) is 35.0. The third kappa shape index (κ3) is 4.90. The van der Waals surface area contributed by atoms with Crippen molar-refractivity contribution in [3.8, 4) is 0 Å². The SMILES string of the molecule is C[C@@H]1C[C@@H]2[C@H]([C@@H]3C=C(CO[Si](c4ccccc4)(c4ccccc4)C(C)(C)C)[C@@H](O)[C@]4(O)[C@@H](OC(=O)c5ccccc5)CC[C@@]14C3=O)C2(C)C. The van der Waals surface area contributed by atoms with Crippen LogP contribution in [-0.4, -0.2) is 54.7 Å². The Kier molecular flexibility index (Phi) is 8.26. The fourth-order valence-electron chi connectivity index (χ4n) is 10.5. The summed E-state index contributed by atoms with van der Waals surface area (Å²) in [4.78, 5) is 28.6. The Balaban J connectivity index is 1.35. The number of hydrogen-bond acceptors (Lipinski definition) is 6. The molecule has 3 fully saturated rings. The lowest BCUT2D eigenvalue weighted by Crippen LogP contribution is -2.67. The van der Waals surface area contributed by atoms with Crippen molar-refractivity contribution in [2.45, 2.75) is 83.7 Å². The second-order valence-corrected chi connectivity index (χ2v) is 21.0. The van der Waals surface area contributed by atoms with E-state index in [0.717, 1.165) is 16.8 Å². The molecule has 4 aliphatic carbocycles. The van der Waals surface area contributed by atoms with Gasteiger partial charge >= 0.3 is 5.97 Å². The van der Waals surface area contributed by atoms with E-state index >= 15 is 4.79 Å². The molecular weight excluding hydrogens is 629 g/mol. The van der Waals surface area contributed by atoms with E-state index in [2.05, 4.69) is 65.8 Å². The van der Waals surface area contributed by atoms with E-state index in [9.17, 15) is 15.0 Å². The van der Waals surface area contributed by atoms with Crippen molar-refractivity contribution in [1.82, 2.24) is 0 Å². The van der Waals surface area contributed by atoms with Crippen LogP contribution in [0.1, 0.15) is 71.2 Å². The summed E-state index contributed by atoms with van der Waals surface area (Å²) in [6.07, 6.45) is 0.812. The van der Waals surface area contributed by atoms with Gasteiger partial charge in [0.2, 0.25) is 0 Å². The number of carbonyl (C=O) groups excluding carboxylic acids is 2. The number of Topliss-reactive ketones (excluding diaryl/α,β-unsaturated/α-hetero) is 1. The number of aliphatic hydroxyl groups is 2. The number of ketones is 1. The summed E-state index contributed by atoms with van der Waals surface area (Å²) < 4.78 is 13.5. The van der Waals surface area contributed by atoms with Gasteiger partial charge in [-0.1, -0.05) is 126 Å². The lowest BCUT2D eigenvalue weighted by atomic mass is 9.59. The molecule has 3 aromatic rings. The summed E-state index contributed by atoms with van der Waals surface area (Å²) in [7, 11) is -3.04. The van der Waals surface area contributed by atoms with Crippen molar-refractivity contribution in [2.24, 2.45) is 34.5 Å². The lowest BCUT2D eigenvalue weighted by molar-refractivity contribution is -0.196. The third-order valence-electron chi connectivity index (χ3n) is 13.0. The van der Waals surface area contributed by atoms with Gasteiger partial charge < -0.3 is 19.4 Å². The third-order valence-corrected chi connectivity index (χ3v) is 18.0. The molecular formula is C42H50O6Si. The van der Waals surface area contributed by atoms with Crippen molar-refractivity contribution in [2.75, 3.05) is 6.61 Å². The number of rotatable bonds is 7. The number of fused-ring (bicyclic) bond motifs is 3. The van der Waals surface area contributed by atoms with Gasteiger partial charge in [-0.2, -0.15) is 0 Å². The van der Waals surface area contributed by atoms with Crippen molar-refractivity contribution in [3.63, 3.8) is 0 Å². The van der Waals surface area contributed by atoms with Crippen LogP contribution in [0.15, 0.2) is 103 Å². The number of esters is 1. The highest BCUT2D eigenvalue weighted by Gasteiger charge is 2.77. The molecule has 49 heavy (non-hydrogen) atoms. The molecule has 0 unspecified atom stereocenters. The Morgan fingerprint density at radius 3 is 2.02 bits per heavy atom. The average molecular weight is 679 g/mol. The smallest absolute Gasteiger partial charge is 0.338 e. The molecule has 7 rings (SSSR count). The van der Waals surface area contributed by atoms with Gasteiger partial charge in [-0.15, -0.1) is 0 Å². The van der Waals surface area contributed by atoms with Gasteiger partial charge in [0.05, 0.1) is 17.6 Å². The maximum absolute atomic E-state index is 15.1. The number of benzene rings is 3. The lowest BCUT2D eigenvalue weighted by Gasteiger charge is -2.49. The molecule has 1 spiro atoms. The molecule has 2 N–H and O–H groups in total. The molecule has 4 aliphatic rings. The van der Waals surface area contributed by atoms with Crippen LogP contribution >= 0.6 is 0 Å². The van der Waals surface area contributed by atoms with Gasteiger partial charge in [0, 0.05) is 5.92 Å². The van der Waals surface area contributed by atoms with Gasteiger partial charge in [0.25, 0.3) is 8.32 Å². The Labute approximate surface area is 291 Å². The van der Waals surface area contributed by atoms with E-state index < -0.39 is 43.4 Å². The molecule has 0 amide bonds. The predicted molar refractivity (Wildman–Crippen MR) is 193 cm³/mol. The van der Waals surface area contributed by atoms with Crippen LogP contribution in [0.4, 0.5) is 0 Å². The van der Waals surface area contributed by atoms with Crippen molar-refractivity contribution < 1.29 is 29.0 Å². The summed E-state index contributed by atoms with van der Waals surface area (Å²) in [5.41, 5.74) is -2.47. The molecule has 6 nitrogen and oxygen atoms in total. The first-order chi connectivity index (χ1) is 23.2. The molecule has 7 heteroatoms. The van der Waals surface area contributed by atoms with Crippen LogP contribution < -0.4 is 10.4 Å². The summed E-state index contributed by atoms with van der Waals surface area (Å²) in [5.74, 6) is -0.879. The first kappa shape index (κ1) is 34.1. The quantitative estimate of drug-likeness (QED) is 0.178. The molecule has 3 saturated carbocycles. The number of hydrogen-bond donors (Lipinski definition) is 2. The summed E-state index contributed by atoms with van der Waals surface area (Å²) >= 11 is 0. The Morgan fingerprint density at radius 1 is 0.918 bits per heavy atom. The van der Waals surface area contributed by atoms with Crippen LogP contribution in [0.5, 0.6) is 0 Å². The minimum Gasteiger partial charge on any atom is -0.456 e. The van der Waals surface area contributed by atoms with E-state index in [1.165, 1.54) is 0 Å². The molecule has 258 valence electrons. The molecule has 0 radical (unpaired) electrons. The minimum atomic E-state index is -3.04. The van der Waals surface area contributed by atoms with Crippen LogP contribution in [0, 0.1) is 34.5 Å². The highest BCUT2D eigenvalue weighted by molar-refractivity contribution is 6.99. The maximum Gasteiger partial charge on any atom is 0.338 e.